The molecule has 1 rings (SSSR count). The first kappa shape index (κ1) is 14.0. The number of carbonyl (C=O) groups excluding carboxylic acids is 1. The highest BCUT2D eigenvalue weighted by Crippen LogP contribution is 2.16. The number of nitrogens with zero attached hydrogens (tertiary/aromatic N) is 2. The van der Waals surface area contributed by atoms with Gasteiger partial charge in [0.2, 0.25) is 17.8 Å². The van der Waals surface area contributed by atoms with Gasteiger partial charge >= 0.3 is 5.97 Å². The number of carboxylic acids is 1. The van der Waals surface area contributed by atoms with Gasteiger partial charge in [0.05, 0.1) is 5.69 Å². The van der Waals surface area contributed by atoms with Crippen molar-refractivity contribution in [3.63, 3.8) is 0 Å². The molecule has 0 fully saturated rings. The predicted molar refractivity (Wildman–Crippen MR) is 59.0 cm³/mol. The molecule has 1 aromatic rings. The van der Waals surface area contributed by atoms with E-state index in [2.05, 4.69) is 4.98 Å². The third-order valence-corrected chi connectivity index (χ3v) is 2.29. The lowest BCUT2D eigenvalue weighted by Gasteiger charge is -2.16. The number of pyridine rings is 1. The number of rotatable bonds is 5. The van der Waals surface area contributed by atoms with E-state index in [9.17, 15) is 18.4 Å². The van der Waals surface area contributed by atoms with E-state index in [-0.39, 0.29) is 24.9 Å². The van der Waals surface area contributed by atoms with Crippen LogP contribution in [0.1, 0.15) is 19.3 Å². The van der Waals surface area contributed by atoms with Crippen LogP contribution in [0.5, 0.6) is 0 Å². The second-order valence-corrected chi connectivity index (χ2v) is 3.67. The van der Waals surface area contributed by atoms with Gasteiger partial charge in [0, 0.05) is 32.0 Å². The topological polar surface area (TPSA) is 70.5 Å². The second-order valence-electron chi connectivity index (χ2n) is 3.67. The van der Waals surface area contributed by atoms with Gasteiger partial charge in [-0.05, 0) is 6.42 Å². The first-order valence-corrected chi connectivity index (χ1v) is 5.21. The van der Waals surface area contributed by atoms with E-state index in [1.165, 1.54) is 7.05 Å². The quantitative estimate of drug-likeness (QED) is 0.814. The van der Waals surface area contributed by atoms with Gasteiger partial charge in [-0.15, -0.1) is 0 Å². The lowest BCUT2D eigenvalue weighted by atomic mass is 10.2. The van der Waals surface area contributed by atoms with Gasteiger partial charge in [0.25, 0.3) is 0 Å². The smallest absolute Gasteiger partial charge is 0.303 e. The number of hydrogen-bond acceptors (Lipinski definition) is 3. The molecule has 0 atom stereocenters. The summed E-state index contributed by atoms with van der Waals surface area (Å²) >= 11 is 0. The molecule has 0 aliphatic carbocycles. The summed E-state index contributed by atoms with van der Waals surface area (Å²) in [6, 6.07) is 1.86. The van der Waals surface area contributed by atoms with Crippen LogP contribution in [0.25, 0.3) is 0 Å². The molecule has 5 nitrogen and oxygen atoms in total. The van der Waals surface area contributed by atoms with E-state index in [0.29, 0.717) is 0 Å². The lowest BCUT2D eigenvalue weighted by molar-refractivity contribution is -0.137. The van der Waals surface area contributed by atoms with Gasteiger partial charge in [-0.3, -0.25) is 9.59 Å². The van der Waals surface area contributed by atoms with Crippen LogP contribution in [0.2, 0.25) is 0 Å². The van der Waals surface area contributed by atoms with E-state index < -0.39 is 23.8 Å². The van der Waals surface area contributed by atoms with Gasteiger partial charge in [0.1, 0.15) is 0 Å². The fraction of sp³-hybridized carbons (Fsp3) is 0.364. The molecule has 1 aromatic heterocycles. The largest absolute Gasteiger partial charge is 0.481 e. The van der Waals surface area contributed by atoms with Crippen LogP contribution in [-0.4, -0.2) is 29.0 Å². The van der Waals surface area contributed by atoms with Crippen molar-refractivity contribution in [1.82, 2.24) is 4.98 Å². The van der Waals surface area contributed by atoms with E-state index in [4.69, 9.17) is 5.11 Å². The van der Waals surface area contributed by atoms with Crippen LogP contribution in [0, 0.1) is 11.9 Å². The molecule has 0 saturated heterocycles. The zero-order valence-electron chi connectivity index (χ0n) is 9.69. The molecule has 0 aromatic carbocycles. The number of aliphatic carboxylic acids is 1. The van der Waals surface area contributed by atoms with Crippen molar-refractivity contribution in [1.29, 1.82) is 0 Å². The predicted octanol–water partition coefficient (Wildman–Crippen LogP) is 1.58. The van der Waals surface area contributed by atoms with E-state index in [0.717, 1.165) is 17.0 Å². The highest BCUT2D eigenvalue weighted by Gasteiger charge is 2.13. The van der Waals surface area contributed by atoms with Gasteiger partial charge in [-0.1, -0.05) is 0 Å². The monoisotopic (exact) mass is 258 g/mol. The molecule has 0 spiro atoms. The second kappa shape index (κ2) is 6.04. The fourth-order valence-electron chi connectivity index (χ4n) is 1.35. The Kier molecular flexibility index (Phi) is 4.70. The molecular formula is C11H12F2N2O3. The molecule has 0 unspecified atom stereocenters. The van der Waals surface area contributed by atoms with Crippen molar-refractivity contribution in [2.75, 3.05) is 11.9 Å². The van der Waals surface area contributed by atoms with Gasteiger partial charge in [-0.25, -0.2) is 0 Å². The summed E-state index contributed by atoms with van der Waals surface area (Å²) < 4.78 is 25.7. The van der Waals surface area contributed by atoms with Crippen molar-refractivity contribution >= 4 is 17.6 Å². The number of anilines is 1. The number of hydrogen-bond donors (Lipinski definition) is 1. The number of carboxylic acid groups (broad SMARTS) is 1. The highest BCUT2D eigenvalue weighted by atomic mass is 19.1. The summed E-state index contributed by atoms with van der Waals surface area (Å²) in [5.41, 5.74) is 0.0420. The summed E-state index contributed by atoms with van der Waals surface area (Å²) in [7, 11) is 1.36. The molecule has 1 amide bonds. The van der Waals surface area contributed by atoms with Crippen LogP contribution in [-0.2, 0) is 9.59 Å². The minimum absolute atomic E-state index is 0.00559. The molecule has 0 aliphatic heterocycles. The van der Waals surface area contributed by atoms with Crippen molar-refractivity contribution < 1.29 is 23.5 Å². The van der Waals surface area contributed by atoms with Crippen LogP contribution in [0.4, 0.5) is 14.5 Å². The SMILES string of the molecule is CN(C(=O)CCCC(=O)O)c1cc(F)nc(F)c1. The summed E-state index contributed by atoms with van der Waals surface area (Å²) in [5, 5.41) is 8.42. The maximum Gasteiger partial charge on any atom is 0.303 e. The Bertz CT molecular complexity index is 445. The Morgan fingerprint density at radius 1 is 1.28 bits per heavy atom. The first-order valence-electron chi connectivity index (χ1n) is 5.21. The van der Waals surface area contributed by atoms with Crippen molar-refractivity contribution in [3.05, 3.63) is 24.0 Å². The van der Waals surface area contributed by atoms with Crippen molar-refractivity contribution in [2.24, 2.45) is 0 Å². The summed E-state index contributed by atoms with van der Waals surface area (Å²) in [4.78, 5) is 25.9. The first-order chi connectivity index (χ1) is 8.40. The number of halogens is 2. The molecule has 98 valence electrons. The average molecular weight is 258 g/mol. The number of amides is 1. The average Bonchev–Trinajstić information content (AvgIpc) is 2.26. The Morgan fingerprint density at radius 3 is 2.33 bits per heavy atom. The highest BCUT2D eigenvalue weighted by molar-refractivity contribution is 5.92. The minimum atomic E-state index is -1.02. The summed E-state index contributed by atoms with van der Waals surface area (Å²) in [6.45, 7) is 0. The Hall–Kier alpha value is -2.05. The molecule has 1 N–H and O–H groups in total. The molecule has 1 heterocycles. The maximum absolute atomic E-state index is 12.8. The zero-order chi connectivity index (χ0) is 13.7. The third-order valence-electron chi connectivity index (χ3n) is 2.29. The standard InChI is InChI=1S/C11H12F2N2O3/c1-15(10(16)3-2-4-11(17)18)7-5-8(12)14-9(13)6-7/h5-6H,2-4H2,1H3,(H,17,18). The van der Waals surface area contributed by atoms with Gasteiger partial charge in [-0.2, -0.15) is 13.8 Å². The fourth-order valence-corrected chi connectivity index (χ4v) is 1.35. The molecule has 0 bridgehead atoms. The van der Waals surface area contributed by atoms with Crippen LogP contribution >= 0.6 is 0 Å². The van der Waals surface area contributed by atoms with Crippen LogP contribution in [0.3, 0.4) is 0 Å². The molecular weight excluding hydrogens is 246 g/mol. The maximum atomic E-state index is 12.8. The van der Waals surface area contributed by atoms with Gasteiger partial charge in [0.15, 0.2) is 0 Å². The molecule has 0 aliphatic rings. The Morgan fingerprint density at radius 2 is 1.83 bits per heavy atom. The lowest BCUT2D eigenvalue weighted by Crippen LogP contribution is -2.26. The summed E-state index contributed by atoms with van der Waals surface area (Å²) in [6.07, 6.45) is 0.0432. The van der Waals surface area contributed by atoms with Crippen LogP contribution in [0.15, 0.2) is 12.1 Å². The zero-order valence-corrected chi connectivity index (χ0v) is 9.69. The number of carbonyl (C=O) groups is 2. The summed E-state index contributed by atoms with van der Waals surface area (Å²) in [5.74, 6) is -3.45. The van der Waals surface area contributed by atoms with Gasteiger partial charge < -0.3 is 10.0 Å². The normalized spacial score (nSPS) is 10.2. The third kappa shape index (κ3) is 4.08. The Balaban J connectivity index is 2.65. The van der Waals surface area contributed by atoms with E-state index in [1.54, 1.807) is 0 Å². The minimum Gasteiger partial charge on any atom is -0.481 e. The van der Waals surface area contributed by atoms with Crippen molar-refractivity contribution in [3.8, 4) is 0 Å². The number of aromatic nitrogens is 1. The molecule has 0 saturated carbocycles. The van der Waals surface area contributed by atoms with Crippen molar-refractivity contribution in [2.45, 2.75) is 19.3 Å². The molecule has 0 radical (unpaired) electrons. The Labute approximate surface area is 102 Å². The molecule has 7 heteroatoms. The van der Waals surface area contributed by atoms with E-state index >= 15 is 0 Å². The van der Waals surface area contributed by atoms with Crippen LogP contribution < -0.4 is 4.90 Å². The molecule has 18 heavy (non-hydrogen) atoms. The van der Waals surface area contributed by atoms with E-state index in [1.807, 2.05) is 0 Å².